The Morgan fingerprint density at radius 3 is 2.87 bits per heavy atom. The van der Waals surface area contributed by atoms with Crippen molar-refractivity contribution in [2.24, 2.45) is 5.92 Å². The largest absolute Gasteiger partial charge is 0.496 e. The second-order valence-electron chi connectivity index (χ2n) is 11.0. The molecule has 3 aliphatic rings. The Morgan fingerprint density at radius 1 is 1.21 bits per heavy atom. The predicted octanol–water partition coefficient (Wildman–Crippen LogP) is 4.98. The van der Waals surface area contributed by atoms with Gasteiger partial charge in [0.15, 0.2) is 0 Å². The number of hydrogen-bond donors (Lipinski definition) is 2. The Bertz CT molecular complexity index is 1110. The van der Waals surface area contributed by atoms with Crippen molar-refractivity contribution in [3.05, 3.63) is 52.7 Å². The van der Waals surface area contributed by atoms with Crippen molar-refractivity contribution in [1.29, 1.82) is 0 Å². The van der Waals surface area contributed by atoms with Crippen molar-refractivity contribution in [3.63, 3.8) is 0 Å². The van der Waals surface area contributed by atoms with Crippen LogP contribution in [-0.2, 0) is 28.8 Å². The van der Waals surface area contributed by atoms with Crippen molar-refractivity contribution in [1.82, 2.24) is 9.88 Å². The number of halogens is 1. The molecule has 3 heterocycles. The summed E-state index contributed by atoms with van der Waals surface area (Å²) in [6.07, 6.45) is 7.54. The Hall–Kier alpha value is -2.71. The van der Waals surface area contributed by atoms with Crippen LogP contribution < -0.4 is 10.1 Å². The number of pyridine rings is 1. The number of carboxylic acids is 1. The zero-order valence-corrected chi connectivity index (χ0v) is 22.3. The molecule has 1 aromatic carbocycles. The van der Waals surface area contributed by atoms with E-state index in [0.717, 1.165) is 68.6 Å². The summed E-state index contributed by atoms with van der Waals surface area (Å²) in [7, 11) is 1.55. The third kappa shape index (κ3) is 6.64. The minimum absolute atomic E-state index is 0.0374. The van der Waals surface area contributed by atoms with E-state index in [1.54, 1.807) is 12.0 Å². The summed E-state index contributed by atoms with van der Waals surface area (Å²) in [4.78, 5) is 18.8. The highest BCUT2D eigenvalue weighted by Crippen LogP contribution is 2.37. The van der Waals surface area contributed by atoms with Gasteiger partial charge in [-0.3, -0.25) is 9.69 Å². The van der Waals surface area contributed by atoms with E-state index >= 15 is 0 Å². The van der Waals surface area contributed by atoms with Crippen molar-refractivity contribution in [3.8, 4) is 5.75 Å². The third-order valence-electron chi connectivity index (χ3n) is 8.00. The van der Waals surface area contributed by atoms with Gasteiger partial charge in [-0.25, -0.2) is 9.37 Å². The molecule has 3 atom stereocenters. The lowest BCUT2D eigenvalue weighted by atomic mass is 9.99. The second-order valence-corrected chi connectivity index (χ2v) is 11.0. The fourth-order valence-corrected chi connectivity index (χ4v) is 5.72. The van der Waals surface area contributed by atoms with Crippen LogP contribution in [0.5, 0.6) is 5.75 Å². The molecule has 0 spiro atoms. The lowest BCUT2D eigenvalue weighted by Crippen LogP contribution is -2.34. The average Bonchev–Trinajstić information content (AvgIpc) is 3.66. The summed E-state index contributed by atoms with van der Waals surface area (Å²) in [6, 6.07) is 9.13. The number of methoxy groups -OCH3 is 1. The first-order valence-corrected chi connectivity index (χ1v) is 14.1. The molecule has 2 fully saturated rings. The molecule has 5 rings (SSSR count). The monoisotopic (exact) mass is 525 g/mol. The number of anilines is 1. The highest BCUT2D eigenvalue weighted by atomic mass is 19.1. The molecular weight excluding hydrogens is 485 g/mol. The molecule has 1 aromatic heterocycles. The van der Waals surface area contributed by atoms with Gasteiger partial charge in [-0.05, 0) is 86.6 Å². The van der Waals surface area contributed by atoms with Gasteiger partial charge in [0.2, 0.25) is 0 Å². The second kappa shape index (κ2) is 12.4. The maximum Gasteiger partial charge on any atom is 0.325 e. The van der Waals surface area contributed by atoms with Crippen molar-refractivity contribution < 1.29 is 23.8 Å². The number of unbranched alkanes of at least 4 members (excludes halogenated alkanes) is 2. The SMILES string of the molecule is COc1ccc(CC2CC2)cc1[C@@H](C(=O)O)N1C[C@@H](F)[C@H](OCCCCCc2ccc3c(n2)NCCC3)C1. The third-order valence-corrected chi connectivity index (χ3v) is 8.00. The van der Waals surface area contributed by atoms with E-state index in [1.165, 1.54) is 18.4 Å². The van der Waals surface area contributed by atoms with Crippen LogP contribution in [0, 0.1) is 5.92 Å². The fraction of sp³-hybridized carbons (Fsp3) is 0.600. The van der Waals surface area contributed by atoms with E-state index in [4.69, 9.17) is 14.5 Å². The zero-order valence-electron chi connectivity index (χ0n) is 22.3. The van der Waals surface area contributed by atoms with E-state index in [0.29, 0.717) is 23.8 Å². The molecule has 7 nitrogen and oxygen atoms in total. The van der Waals surface area contributed by atoms with Crippen molar-refractivity contribution in [2.45, 2.75) is 76.1 Å². The van der Waals surface area contributed by atoms with Gasteiger partial charge in [0.25, 0.3) is 0 Å². The molecule has 2 N–H and O–H groups in total. The number of nitrogens with one attached hydrogen (secondary N) is 1. The van der Waals surface area contributed by atoms with Gasteiger partial charge in [-0.1, -0.05) is 18.6 Å². The van der Waals surface area contributed by atoms with Gasteiger partial charge in [-0.2, -0.15) is 0 Å². The van der Waals surface area contributed by atoms with Crippen LogP contribution in [0.1, 0.15) is 67.0 Å². The Balaban J connectivity index is 1.10. The smallest absolute Gasteiger partial charge is 0.325 e. The normalized spacial score (nSPS) is 22.1. The quantitative estimate of drug-likeness (QED) is 0.357. The average molecular weight is 526 g/mol. The number of benzene rings is 1. The molecule has 0 amide bonds. The van der Waals surface area contributed by atoms with Crippen LogP contribution in [-0.4, -0.2) is 66.6 Å². The predicted molar refractivity (Wildman–Crippen MR) is 145 cm³/mol. The lowest BCUT2D eigenvalue weighted by Gasteiger charge is -2.26. The van der Waals surface area contributed by atoms with Gasteiger partial charge in [-0.15, -0.1) is 0 Å². The molecule has 8 heteroatoms. The van der Waals surface area contributed by atoms with Crippen LogP contribution in [0.3, 0.4) is 0 Å². The number of aliphatic carboxylic acids is 1. The van der Waals surface area contributed by atoms with E-state index in [2.05, 4.69) is 17.4 Å². The summed E-state index contributed by atoms with van der Waals surface area (Å²) in [5.74, 6) is 1.25. The number of hydrogen-bond acceptors (Lipinski definition) is 6. The van der Waals surface area contributed by atoms with Crippen LogP contribution >= 0.6 is 0 Å². The number of rotatable bonds is 13. The number of carboxylic acid groups (broad SMARTS) is 1. The molecule has 2 aromatic rings. The van der Waals surface area contributed by atoms with E-state index in [9.17, 15) is 14.3 Å². The first kappa shape index (κ1) is 26.9. The van der Waals surface area contributed by atoms with Gasteiger partial charge < -0.3 is 19.9 Å². The number of alkyl halides is 1. The van der Waals surface area contributed by atoms with Gasteiger partial charge in [0.05, 0.1) is 7.11 Å². The number of likely N-dealkylation sites (tertiary alicyclic amines) is 1. The fourth-order valence-electron chi connectivity index (χ4n) is 5.72. The molecule has 0 radical (unpaired) electrons. The van der Waals surface area contributed by atoms with Crippen molar-refractivity contribution >= 4 is 11.8 Å². The molecule has 1 saturated heterocycles. The molecular formula is C30H40FN3O4. The lowest BCUT2D eigenvalue weighted by molar-refractivity contribution is -0.143. The standard InChI is InChI=1S/C30H40FN3O4/c1-37-26-13-10-21(16-20-8-9-20)17-24(26)28(30(35)36)34-18-25(31)27(19-34)38-15-4-2-3-7-23-12-11-22-6-5-14-32-29(22)33-23/h10-13,17,20,25,27-28H,2-9,14-16,18-19H2,1H3,(H,32,33)(H,35,36)/t25-,27-,28+/m1/s1. The van der Waals surface area contributed by atoms with Crippen LogP contribution in [0.25, 0.3) is 0 Å². The Labute approximate surface area is 224 Å². The first-order chi connectivity index (χ1) is 18.5. The van der Waals surface area contributed by atoms with Gasteiger partial charge >= 0.3 is 5.97 Å². The maximum atomic E-state index is 14.9. The first-order valence-electron chi connectivity index (χ1n) is 14.1. The van der Waals surface area contributed by atoms with E-state index in [1.807, 2.05) is 18.2 Å². The Kier molecular flexibility index (Phi) is 8.79. The summed E-state index contributed by atoms with van der Waals surface area (Å²) in [5.41, 5.74) is 4.11. The highest BCUT2D eigenvalue weighted by molar-refractivity contribution is 5.77. The number of fused-ring (bicyclic) bond motifs is 1. The molecule has 0 bridgehead atoms. The molecule has 1 saturated carbocycles. The summed E-state index contributed by atoms with van der Waals surface area (Å²) in [5, 5.41) is 13.5. The van der Waals surface area contributed by atoms with Gasteiger partial charge in [0.1, 0.15) is 29.9 Å². The maximum absolute atomic E-state index is 14.9. The number of ether oxygens (including phenoxy) is 2. The highest BCUT2D eigenvalue weighted by Gasteiger charge is 2.41. The molecule has 38 heavy (non-hydrogen) atoms. The zero-order chi connectivity index (χ0) is 26.5. The summed E-state index contributed by atoms with van der Waals surface area (Å²) < 4.78 is 26.4. The number of nitrogens with zero attached hydrogens (tertiary/aromatic N) is 2. The molecule has 2 aliphatic heterocycles. The minimum atomic E-state index is -1.22. The molecule has 0 unspecified atom stereocenters. The van der Waals surface area contributed by atoms with Crippen LogP contribution in [0.15, 0.2) is 30.3 Å². The van der Waals surface area contributed by atoms with E-state index in [-0.39, 0.29) is 13.1 Å². The Morgan fingerprint density at radius 2 is 2.08 bits per heavy atom. The van der Waals surface area contributed by atoms with Gasteiger partial charge in [0, 0.05) is 37.5 Å². The van der Waals surface area contributed by atoms with Crippen molar-refractivity contribution in [2.75, 3.05) is 38.7 Å². The summed E-state index contributed by atoms with van der Waals surface area (Å²) >= 11 is 0. The number of aryl methyl sites for hydroxylation is 2. The summed E-state index contributed by atoms with van der Waals surface area (Å²) in [6.45, 7) is 1.74. The molecule has 206 valence electrons. The number of aromatic nitrogens is 1. The van der Waals surface area contributed by atoms with E-state index < -0.39 is 24.3 Å². The minimum Gasteiger partial charge on any atom is -0.496 e. The van der Waals surface area contributed by atoms with Crippen LogP contribution in [0.2, 0.25) is 0 Å². The van der Waals surface area contributed by atoms with Crippen LogP contribution in [0.4, 0.5) is 10.2 Å². The molecule has 1 aliphatic carbocycles. The number of carbonyl (C=O) groups is 1. The topological polar surface area (TPSA) is 83.9 Å².